The minimum absolute atomic E-state index is 0.0859. The summed E-state index contributed by atoms with van der Waals surface area (Å²) in [6.07, 6.45) is 0. The smallest absolute Gasteiger partial charge is 0.257 e. The first-order chi connectivity index (χ1) is 12.3. The van der Waals surface area contributed by atoms with Gasteiger partial charge in [-0.2, -0.15) is 5.10 Å². The number of hydrogen-bond donors (Lipinski definition) is 0. The summed E-state index contributed by atoms with van der Waals surface area (Å²) in [4.78, 5) is 17.2. The number of rotatable bonds is 3. The second-order valence-corrected chi connectivity index (χ2v) is 6.98. The molecule has 140 valence electrons. The van der Waals surface area contributed by atoms with Crippen LogP contribution in [0.3, 0.4) is 0 Å². The van der Waals surface area contributed by atoms with Gasteiger partial charge in [0.1, 0.15) is 11.5 Å². The van der Waals surface area contributed by atoms with Gasteiger partial charge in [-0.3, -0.25) is 9.69 Å². The average Bonchev–Trinajstić information content (AvgIpc) is 2.88. The van der Waals surface area contributed by atoms with Crippen LogP contribution >= 0.6 is 0 Å². The minimum Gasteiger partial charge on any atom is -0.336 e. The van der Waals surface area contributed by atoms with E-state index in [-0.39, 0.29) is 11.6 Å². The Labute approximate surface area is 152 Å². The molecule has 1 saturated heterocycles. The molecule has 3 rings (SSSR count). The third-order valence-electron chi connectivity index (χ3n) is 4.97. The van der Waals surface area contributed by atoms with Gasteiger partial charge in [0.25, 0.3) is 5.91 Å². The van der Waals surface area contributed by atoms with Crippen molar-refractivity contribution in [3.63, 3.8) is 0 Å². The molecule has 0 N–H and O–H groups in total. The highest BCUT2D eigenvalue weighted by Crippen LogP contribution is 2.22. The molecule has 0 atom stereocenters. The fraction of sp³-hybridized carbons (Fsp3) is 0.474. The van der Waals surface area contributed by atoms with Crippen molar-refractivity contribution in [2.24, 2.45) is 0 Å². The monoisotopic (exact) mass is 362 g/mol. The first kappa shape index (κ1) is 18.5. The summed E-state index contributed by atoms with van der Waals surface area (Å²) in [5, 5.41) is 4.33. The zero-order chi connectivity index (χ0) is 19.0. The van der Waals surface area contributed by atoms with E-state index in [1.807, 2.05) is 4.90 Å². The molecule has 1 aromatic carbocycles. The van der Waals surface area contributed by atoms with E-state index in [1.54, 1.807) is 13.8 Å². The van der Waals surface area contributed by atoms with Crippen molar-refractivity contribution in [3.05, 3.63) is 46.8 Å². The van der Waals surface area contributed by atoms with Gasteiger partial charge in [0, 0.05) is 38.3 Å². The molecule has 0 bridgehead atoms. The van der Waals surface area contributed by atoms with Crippen molar-refractivity contribution in [2.75, 3.05) is 26.2 Å². The Balaban J connectivity index is 1.87. The van der Waals surface area contributed by atoms with Crippen LogP contribution in [0.15, 0.2) is 18.2 Å². The highest BCUT2D eigenvalue weighted by atomic mass is 19.1. The van der Waals surface area contributed by atoms with Crippen molar-refractivity contribution in [1.29, 1.82) is 0 Å². The molecule has 2 heterocycles. The number of piperazine rings is 1. The maximum absolute atomic E-state index is 14.1. The first-order valence-electron chi connectivity index (χ1n) is 8.84. The number of halogens is 2. The van der Waals surface area contributed by atoms with E-state index in [0.29, 0.717) is 36.1 Å². The topological polar surface area (TPSA) is 41.4 Å². The SMILES string of the molecule is Cc1nn(-c2ccc(F)cc2F)c(C)c1C(=O)N1CCN(C(C)C)CC1. The maximum atomic E-state index is 14.1. The molecular weight excluding hydrogens is 338 g/mol. The number of nitrogens with zero attached hydrogens (tertiary/aromatic N) is 4. The van der Waals surface area contributed by atoms with E-state index in [1.165, 1.54) is 16.8 Å². The molecule has 1 aliphatic heterocycles. The van der Waals surface area contributed by atoms with E-state index < -0.39 is 11.6 Å². The molecule has 1 fully saturated rings. The Morgan fingerprint density at radius 2 is 1.77 bits per heavy atom. The first-order valence-corrected chi connectivity index (χ1v) is 8.84. The summed E-state index contributed by atoms with van der Waals surface area (Å²) in [6, 6.07) is 3.79. The van der Waals surface area contributed by atoms with E-state index in [2.05, 4.69) is 23.8 Å². The Morgan fingerprint density at radius 3 is 2.35 bits per heavy atom. The van der Waals surface area contributed by atoms with Gasteiger partial charge in [0.2, 0.25) is 0 Å². The summed E-state index contributed by atoms with van der Waals surface area (Å²) in [6.45, 7) is 10.8. The van der Waals surface area contributed by atoms with Gasteiger partial charge in [-0.05, 0) is 39.8 Å². The zero-order valence-electron chi connectivity index (χ0n) is 15.6. The summed E-state index contributed by atoms with van der Waals surface area (Å²) >= 11 is 0. The minimum atomic E-state index is -0.708. The lowest BCUT2D eigenvalue weighted by atomic mass is 10.1. The predicted molar refractivity (Wildman–Crippen MR) is 95.6 cm³/mol. The quantitative estimate of drug-likeness (QED) is 0.843. The molecule has 1 amide bonds. The van der Waals surface area contributed by atoms with E-state index in [9.17, 15) is 13.6 Å². The van der Waals surface area contributed by atoms with Gasteiger partial charge in [0.15, 0.2) is 5.82 Å². The van der Waals surface area contributed by atoms with Gasteiger partial charge in [-0.15, -0.1) is 0 Å². The Morgan fingerprint density at radius 1 is 1.12 bits per heavy atom. The zero-order valence-corrected chi connectivity index (χ0v) is 15.6. The number of hydrogen-bond acceptors (Lipinski definition) is 3. The lowest BCUT2D eigenvalue weighted by Gasteiger charge is -2.37. The fourth-order valence-electron chi connectivity index (χ4n) is 3.44. The molecule has 0 aliphatic carbocycles. The van der Waals surface area contributed by atoms with Crippen molar-refractivity contribution >= 4 is 5.91 Å². The normalized spacial score (nSPS) is 15.7. The summed E-state index contributed by atoms with van der Waals surface area (Å²) in [5.41, 5.74) is 1.73. The van der Waals surface area contributed by atoms with Crippen molar-refractivity contribution in [2.45, 2.75) is 33.7 Å². The van der Waals surface area contributed by atoms with Crippen LogP contribution in [-0.4, -0.2) is 57.7 Å². The van der Waals surface area contributed by atoms with Crippen molar-refractivity contribution in [3.8, 4) is 5.69 Å². The second kappa shape index (κ2) is 7.15. The van der Waals surface area contributed by atoms with Gasteiger partial charge >= 0.3 is 0 Å². The van der Waals surface area contributed by atoms with Crippen LogP contribution in [0.4, 0.5) is 8.78 Å². The third-order valence-corrected chi connectivity index (χ3v) is 4.97. The van der Waals surface area contributed by atoms with Crippen LogP contribution in [0.1, 0.15) is 35.6 Å². The average molecular weight is 362 g/mol. The maximum Gasteiger partial charge on any atom is 0.257 e. The Bertz CT molecular complexity index is 823. The van der Waals surface area contributed by atoms with Crippen LogP contribution in [0.5, 0.6) is 0 Å². The number of carbonyl (C=O) groups excluding carboxylic acids is 1. The lowest BCUT2D eigenvalue weighted by molar-refractivity contribution is 0.0594. The standard InChI is InChI=1S/C19H24F2N4O/c1-12(2)23-7-9-24(10-8-23)19(26)18-13(3)22-25(14(18)4)17-6-5-15(20)11-16(17)21/h5-6,11-12H,7-10H2,1-4H3. The van der Waals surface area contributed by atoms with Crippen LogP contribution in [0.25, 0.3) is 5.69 Å². The predicted octanol–water partition coefficient (Wildman–Crippen LogP) is 2.93. The van der Waals surface area contributed by atoms with Gasteiger partial charge in [0.05, 0.1) is 17.0 Å². The number of benzene rings is 1. The van der Waals surface area contributed by atoms with Crippen molar-refractivity contribution < 1.29 is 13.6 Å². The van der Waals surface area contributed by atoms with E-state index in [0.717, 1.165) is 19.2 Å². The van der Waals surface area contributed by atoms with Gasteiger partial charge in [-0.1, -0.05) is 0 Å². The molecule has 5 nitrogen and oxygen atoms in total. The van der Waals surface area contributed by atoms with Gasteiger partial charge < -0.3 is 4.90 Å². The van der Waals surface area contributed by atoms with Crippen LogP contribution in [0, 0.1) is 25.5 Å². The molecule has 0 radical (unpaired) electrons. The molecule has 0 saturated carbocycles. The Hall–Kier alpha value is -2.28. The number of amides is 1. The summed E-state index contributed by atoms with van der Waals surface area (Å²) in [5.74, 6) is -1.44. The number of carbonyl (C=O) groups is 1. The highest BCUT2D eigenvalue weighted by molar-refractivity contribution is 5.96. The number of aromatic nitrogens is 2. The molecule has 0 spiro atoms. The van der Waals surface area contributed by atoms with E-state index in [4.69, 9.17) is 0 Å². The largest absolute Gasteiger partial charge is 0.336 e. The molecule has 7 heteroatoms. The van der Waals surface area contributed by atoms with Crippen LogP contribution in [0.2, 0.25) is 0 Å². The number of aryl methyl sites for hydroxylation is 1. The third kappa shape index (κ3) is 3.35. The molecule has 1 aliphatic rings. The Kier molecular flexibility index (Phi) is 5.09. The second-order valence-electron chi connectivity index (χ2n) is 6.98. The highest BCUT2D eigenvalue weighted by Gasteiger charge is 2.28. The molecule has 2 aromatic rings. The fourth-order valence-corrected chi connectivity index (χ4v) is 3.44. The van der Waals surface area contributed by atoms with E-state index >= 15 is 0 Å². The molecule has 0 unspecified atom stereocenters. The van der Waals surface area contributed by atoms with Gasteiger partial charge in [-0.25, -0.2) is 13.5 Å². The van der Waals surface area contributed by atoms with Crippen molar-refractivity contribution in [1.82, 2.24) is 19.6 Å². The lowest BCUT2D eigenvalue weighted by Crippen LogP contribution is -2.50. The van der Waals surface area contributed by atoms with Crippen LogP contribution in [-0.2, 0) is 0 Å². The molecule has 26 heavy (non-hydrogen) atoms. The molecule has 1 aromatic heterocycles. The van der Waals surface area contributed by atoms with Crippen LogP contribution < -0.4 is 0 Å². The summed E-state index contributed by atoms with van der Waals surface area (Å²) in [7, 11) is 0. The molecular formula is C19H24F2N4O. The summed E-state index contributed by atoms with van der Waals surface area (Å²) < 4.78 is 28.7.